The maximum Gasteiger partial charge on any atom is 0.185 e. The molecule has 1 unspecified atom stereocenters. The van der Waals surface area contributed by atoms with E-state index in [9.17, 15) is 0 Å². The number of fused-ring (bicyclic) bond motifs is 1. The largest absolute Gasteiger partial charge is 0.307 e. The standard InChI is InChI=1S/C13H12N6S/c1-2-4-9(5-3-1)11-13-17-16-12(10-8-20-18-15-10)19(13)7-6-14-11/h1-5,8,11,14H,6-7H2. The minimum absolute atomic E-state index is 0.0813. The van der Waals surface area contributed by atoms with Gasteiger partial charge in [-0.2, -0.15) is 0 Å². The summed E-state index contributed by atoms with van der Waals surface area (Å²) in [5.41, 5.74) is 1.99. The Morgan fingerprint density at radius 2 is 2.05 bits per heavy atom. The van der Waals surface area contributed by atoms with Crippen LogP contribution in [0.15, 0.2) is 35.7 Å². The fourth-order valence-corrected chi connectivity index (χ4v) is 2.96. The fraction of sp³-hybridized carbons (Fsp3) is 0.231. The number of nitrogens with one attached hydrogen (secondary N) is 1. The zero-order chi connectivity index (χ0) is 13.4. The molecule has 100 valence electrons. The van der Waals surface area contributed by atoms with Crippen LogP contribution in [0.5, 0.6) is 0 Å². The summed E-state index contributed by atoms with van der Waals surface area (Å²) in [6.07, 6.45) is 0. The topological polar surface area (TPSA) is 68.5 Å². The number of hydrogen-bond donors (Lipinski definition) is 1. The van der Waals surface area contributed by atoms with Crippen LogP contribution in [0.25, 0.3) is 11.5 Å². The van der Waals surface area contributed by atoms with Gasteiger partial charge in [-0.15, -0.1) is 15.3 Å². The van der Waals surface area contributed by atoms with Gasteiger partial charge in [0.2, 0.25) is 0 Å². The summed E-state index contributed by atoms with van der Waals surface area (Å²) in [7, 11) is 0. The van der Waals surface area contributed by atoms with Gasteiger partial charge in [0.25, 0.3) is 0 Å². The molecular weight excluding hydrogens is 272 g/mol. The second-order valence-corrected chi connectivity index (χ2v) is 5.23. The molecule has 1 aliphatic rings. The van der Waals surface area contributed by atoms with Gasteiger partial charge in [-0.05, 0) is 17.1 Å². The molecule has 0 fully saturated rings. The second-order valence-electron chi connectivity index (χ2n) is 4.62. The maximum atomic E-state index is 4.36. The van der Waals surface area contributed by atoms with Crippen LogP contribution in [0.1, 0.15) is 17.4 Å². The lowest BCUT2D eigenvalue weighted by Gasteiger charge is -2.25. The average Bonchev–Trinajstić information content (AvgIpc) is 3.16. The highest BCUT2D eigenvalue weighted by atomic mass is 32.1. The molecule has 3 heterocycles. The summed E-state index contributed by atoms with van der Waals surface area (Å²) in [4.78, 5) is 0. The van der Waals surface area contributed by atoms with Crippen molar-refractivity contribution in [1.29, 1.82) is 0 Å². The van der Waals surface area contributed by atoms with Crippen molar-refractivity contribution < 1.29 is 0 Å². The summed E-state index contributed by atoms with van der Waals surface area (Å²) in [6, 6.07) is 10.4. The van der Waals surface area contributed by atoms with Gasteiger partial charge in [0.05, 0.1) is 6.04 Å². The first-order valence-corrected chi connectivity index (χ1v) is 7.26. The van der Waals surface area contributed by atoms with Gasteiger partial charge in [0.1, 0.15) is 5.69 Å². The molecule has 0 radical (unpaired) electrons. The van der Waals surface area contributed by atoms with Gasteiger partial charge in [0.15, 0.2) is 11.6 Å². The van der Waals surface area contributed by atoms with Crippen molar-refractivity contribution >= 4 is 11.5 Å². The molecular formula is C13H12N6S. The Morgan fingerprint density at radius 1 is 1.15 bits per heavy atom. The van der Waals surface area contributed by atoms with E-state index in [4.69, 9.17) is 0 Å². The first-order chi connectivity index (χ1) is 9.93. The Kier molecular flexibility index (Phi) is 2.79. The first-order valence-electron chi connectivity index (χ1n) is 6.42. The molecule has 1 atom stereocenters. The number of nitrogens with zero attached hydrogens (tertiary/aromatic N) is 5. The van der Waals surface area contributed by atoms with Crippen molar-refractivity contribution in [1.82, 2.24) is 29.7 Å². The summed E-state index contributed by atoms with van der Waals surface area (Å²) >= 11 is 1.33. The number of hydrogen-bond acceptors (Lipinski definition) is 6. The summed E-state index contributed by atoms with van der Waals surface area (Å²) in [5, 5.41) is 18.1. The zero-order valence-corrected chi connectivity index (χ0v) is 11.4. The van der Waals surface area contributed by atoms with E-state index in [0.717, 1.165) is 30.4 Å². The van der Waals surface area contributed by atoms with E-state index in [2.05, 4.69) is 41.8 Å². The Bertz CT molecular complexity index is 706. The molecule has 7 heteroatoms. The molecule has 1 aromatic carbocycles. The van der Waals surface area contributed by atoms with Crippen molar-refractivity contribution in [3.8, 4) is 11.5 Å². The van der Waals surface area contributed by atoms with E-state index in [1.54, 1.807) is 0 Å². The minimum atomic E-state index is 0.0813. The minimum Gasteiger partial charge on any atom is -0.307 e. The van der Waals surface area contributed by atoms with Gasteiger partial charge in [-0.25, -0.2) is 0 Å². The predicted molar refractivity (Wildman–Crippen MR) is 75.2 cm³/mol. The van der Waals surface area contributed by atoms with Crippen molar-refractivity contribution in [2.75, 3.05) is 6.54 Å². The third kappa shape index (κ3) is 1.83. The third-order valence-electron chi connectivity index (χ3n) is 3.44. The molecule has 4 rings (SSSR count). The van der Waals surface area contributed by atoms with E-state index in [-0.39, 0.29) is 6.04 Å². The lowest BCUT2D eigenvalue weighted by molar-refractivity contribution is 0.457. The molecule has 6 nitrogen and oxygen atoms in total. The molecule has 20 heavy (non-hydrogen) atoms. The number of benzene rings is 1. The Morgan fingerprint density at radius 3 is 2.85 bits per heavy atom. The first kappa shape index (κ1) is 11.7. The SMILES string of the molecule is c1ccc(C2NCCn3c(-c4csnn4)nnc32)cc1. The average molecular weight is 284 g/mol. The zero-order valence-electron chi connectivity index (χ0n) is 10.6. The molecule has 2 aromatic heterocycles. The van der Waals surface area contributed by atoms with Crippen LogP contribution in [-0.2, 0) is 6.54 Å². The van der Waals surface area contributed by atoms with Crippen molar-refractivity contribution in [2.45, 2.75) is 12.6 Å². The fourth-order valence-electron chi connectivity index (χ4n) is 2.53. The predicted octanol–water partition coefficient (Wildman–Crippen LogP) is 1.49. The number of aromatic nitrogens is 5. The molecule has 0 spiro atoms. The van der Waals surface area contributed by atoms with Crippen molar-refractivity contribution in [3.05, 3.63) is 47.1 Å². The molecule has 0 amide bonds. The highest BCUT2D eigenvalue weighted by Crippen LogP contribution is 2.27. The highest BCUT2D eigenvalue weighted by molar-refractivity contribution is 7.03. The lowest BCUT2D eigenvalue weighted by Crippen LogP contribution is -2.34. The summed E-state index contributed by atoms with van der Waals surface area (Å²) in [5.74, 6) is 1.74. The van der Waals surface area contributed by atoms with Crippen LogP contribution in [0.2, 0.25) is 0 Å². The van der Waals surface area contributed by atoms with Gasteiger partial charge in [0, 0.05) is 18.5 Å². The third-order valence-corrected chi connectivity index (χ3v) is 3.95. The van der Waals surface area contributed by atoms with Crippen LogP contribution in [0, 0.1) is 0 Å². The van der Waals surface area contributed by atoms with E-state index < -0.39 is 0 Å². The van der Waals surface area contributed by atoms with Crippen LogP contribution in [0.3, 0.4) is 0 Å². The molecule has 0 saturated heterocycles. The molecule has 0 aliphatic carbocycles. The monoisotopic (exact) mass is 284 g/mol. The van der Waals surface area contributed by atoms with E-state index in [1.165, 1.54) is 17.1 Å². The van der Waals surface area contributed by atoms with Gasteiger partial charge in [-0.3, -0.25) is 0 Å². The normalized spacial score (nSPS) is 17.9. The highest BCUT2D eigenvalue weighted by Gasteiger charge is 2.27. The van der Waals surface area contributed by atoms with Crippen molar-refractivity contribution in [3.63, 3.8) is 0 Å². The number of rotatable bonds is 2. The van der Waals surface area contributed by atoms with Gasteiger partial charge < -0.3 is 9.88 Å². The van der Waals surface area contributed by atoms with E-state index in [1.807, 2.05) is 23.6 Å². The van der Waals surface area contributed by atoms with Gasteiger partial charge >= 0.3 is 0 Å². The molecule has 0 bridgehead atoms. The van der Waals surface area contributed by atoms with Crippen LogP contribution in [-0.4, -0.2) is 30.9 Å². The molecule has 1 aliphatic heterocycles. The van der Waals surface area contributed by atoms with Gasteiger partial charge in [-0.1, -0.05) is 34.8 Å². The molecule has 0 saturated carbocycles. The van der Waals surface area contributed by atoms with E-state index in [0.29, 0.717) is 0 Å². The Labute approximate surface area is 119 Å². The van der Waals surface area contributed by atoms with Crippen molar-refractivity contribution in [2.24, 2.45) is 0 Å². The van der Waals surface area contributed by atoms with E-state index >= 15 is 0 Å². The van der Waals surface area contributed by atoms with Crippen LogP contribution >= 0.6 is 11.5 Å². The summed E-state index contributed by atoms with van der Waals surface area (Å²) in [6.45, 7) is 1.73. The van der Waals surface area contributed by atoms with Crippen LogP contribution < -0.4 is 5.32 Å². The lowest BCUT2D eigenvalue weighted by atomic mass is 10.0. The quantitative estimate of drug-likeness (QED) is 0.772. The Hall–Kier alpha value is -2.12. The smallest absolute Gasteiger partial charge is 0.185 e. The second kappa shape index (κ2) is 4.77. The Balaban J connectivity index is 1.80. The molecule has 1 N–H and O–H groups in total. The molecule has 3 aromatic rings. The maximum absolute atomic E-state index is 4.36. The van der Waals surface area contributed by atoms with Crippen LogP contribution in [0.4, 0.5) is 0 Å². The summed E-state index contributed by atoms with van der Waals surface area (Å²) < 4.78 is 6.03.